The lowest BCUT2D eigenvalue weighted by molar-refractivity contribution is 0.0378. The summed E-state index contributed by atoms with van der Waals surface area (Å²) in [6.45, 7) is 8.58. The fourth-order valence-electron chi connectivity index (χ4n) is 5.89. The first-order valence-electron chi connectivity index (χ1n) is 16.6. The van der Waals surface area contributed by atoms with Crippen LogP contribution >= 0.6 is 11.3 Å². The molecule has 238 valence electrons. The van der Waals surface area contributed by atoms with E-state index in [0.29, 0.717) is 34.3 Å². The number of nitrogens with one attached hydrogen (secondary N) is 1. The van der Waals surface area contributed by atoms with E-state index in [1.54, 1.807) is 11.3 Å². The molecule has 45 heavy (non-hydrogen) atoms. The van der Waals surface area contributed by atoms with Gasteiger partial charge in [-0.15, -0.1) is 11.3 Å². The average Bonchev–Trinajstić information content (AvgIpc) is 3.35. The number of benzene rings is 2. The number of aryl methyl sites for hydroxylation is 1. The van der Waals surface area contributed by atoms with E-state index in [9.17, 15) is 9.59 Å². The molecule has 0 unspecified atom stereocenters. The van der Waals surface area contributed by atoms with E-state index in [0.717, 1.165) is 59.9 Å². The van der Waals surface area contributed by atoms with Crippen LogP contribution in [-0.2, 0) is 17.6 Å². The number of hydrogen-bond donors (Lipinski definition) is 1. The van der Waals surface area contributed by atoms with Crippen LogP contribution in [-0.4, -0.2) is 29.6 Å². The first-order chi connectivity index (χ1) is 21.8. The van der Waals surface area contributed by atoms with Crippen molar-refractivity contribution >= 4 is 39.1 Å². The Morgan fingerprint density at radius 1 is 0.867 bits per heavy atom. The third kappa shape index (κ3) is 8.51. The topological polar surface area (TPSA) is 77.5 Å². The molecule has 6 nitrogen and oxygen atoms in total. The molecule has 2 heterocycles. The highest BCUT2D eigenvalue weighted by atomic mass is 32.1. The van der Waals surface area contributed by atoms with Gasteiger partial charge in [-0.2, -0.15) is 0 Å². The molecule has 2 aromatic carbocycles. The minimum atomic E-state index is -0.358. The molecule has 1 amide bonds. The second-order valence-corrected chi connectivity index (χ2v) is 13.9. The van der Waals surface area contributed by atoms with Gasteiger partial charge in [0.1, 0.15) is 10.8 Å². The minimum Gasteiger partial charge on any atom is -0.493 e. The number of rotatable bonds is 8. The largest absolute Gasteiger partial charge is 0.493 e. The average molecular weight is 627 g/mol. The van der Waals surface area contributed by atoms with Gasteiger partial charge in [-0.1, -0.05) is 82.7 Å². The first kappa shape index (κ1) is 32.7. The number of esters is 1. The van der Waals surface area contributed by atoms with E-state index in [4.69, 9.17) is 14.5 Å². The van der Waals surface area contributed by atoms with Crippen LogP contribution in [0.1, 0.15) is 110 Å². The van der Waals surface area contributed by atoms with Crippen LogP contribution in [0.2, 0.25) is 0 Å². The standard InChI is InChI=1S/C38H46N2O4S/c1-25(2)24-43-28-17-15-16-27(22-28)33-23-31(29-18-13-14-20-32(29)39-33)36(41)40-37-35(38(42)44-26(3)4)30-19-11-9-7-5-6-8-10-12-21-34(30)45-37/h13-18,20,22-23,25-26H,5-12,19,21,24H2,1-4H3,(H,40,41). The molecule has 1 N–H and O–H groups in total. The Morgan fingerprint density at radius 2 is 1.58 bits per heavy atom. The van der Waals surface area contributed by atoms with Gasteiger partial charge in [-0.25, -0.2) is 9.78 Å². The number of carbonyl (C=O) groups is 2. The van der Waals surface area contributed by atoms with Crippen LogP contribution in [0.25, 0.3) is 22.2 Å². The van der Waals surface area contributed by atoms with Crippen molar-refractivity contribution in [3.8, 4) is 17.0 Å². The Kier molecular flexibility index (Phi) is 11.3. The van der Waals surface area contributed by atoms with Gasteiger partial charge >= 0.3 is 5.97 Å². The Balaban J connectivity index is 1.53. The van der Waals surface area contributed by atoms with Crippen molar-refractivity contribution in [2.24, 2.45) is 5.92 Å². The molecule has 0 fully saturated rings. The highest BCUT2D eigenvalue weighted by Gasteiger charge is 2.27. The van der Waals surface area contributed by atoms with Gasteiger partial charge in [0.05, 0.1) is 35.0 Å². The molecular formula is C38H46N2O4S. The number of nitrogens with zero attached hydrogens (tertiary/aromatic N) is 1. The molecule has 0 atom stereocenters. The molecule has 2 aromatic heterocycles. The van der Waals surface area contributed by atoms with Gasteiger partial charge in [0.2, 0.25) is 0 Å². The van der Waals surface area contributed by atoms with E-state index in [1.807, 2.05) is 68.4 Å². The molecule has 0 radical (unpaired) electrons. The summed E-state index contributed by atoms with van der Waals surface area (Å²) in [5, 5.41) is 4.51. The van der Waals surface area contributed by atoms with E-state index in [1.165, 1.54) is 37.0 Å². The molecule has 0 bridgehead atoms. The fourth-order valence-corrected chi connectivity index (χ4v) is 7.17. The third-order valence-corrected chi connectivity index (χ3v) is 9.33. The quantitative estimate of drug-likeness (QED) is 0.197. The highest BCUT2D eigenvalue weighted by Crippen LogP contribution is 2.38. The molecule has 7 heteroatoms. The molecule has 5 rings (SSSR count). The maximum absolute atomic E-state index is 14.2. The fraction of sp³-hybridized carbons (Fsp3) is 0.447. The number of aromatic nitrogens is 1. The lowest BCUT2D eigenvalue weighted by atomic mass is 9.97. The minimum absolute atomic E-state index is 0.255. The molecule has 1 aliphatic rings. The van der Waals surface area contributed by atoms with Crippen LogP contribution < -0.4 is 10.1 Å². The molecule has 0 spiro atoms. The second-order valence-electron chi connectivity index (χ2n) is 12.7. The molecule has 0 saturated heterocycles. The predicted molar refractivity (Wildman–Crippen MR) is 185 cm³/mol. The number of pyridine rings is 1. The Hall–Kier alpha value is -3.71. The Bertz CT molecular complexity index is 1620. The number of thiophene rings is 1. The maximum Gasteiger partial charge on any atom is 0.341 e. The lowest BCUT2D eigenvalue weighted by Crippen LogP contribution is -2.18. The normalized spacial score (nSPS) is 14.4. The maximum atomic E-state index is 14.2. The SMILES string of the molecule is CC(C)COc1cccc(-c2cc(C(=O)Nc3sc4c(c3C(=O)OC(C)C)CCCCCCCCCC4)c3ccccc3n2)c1. The van der Waals surface area contributed by atoms with Crippen molar-refractivity contribution in [1.82, 2.24) is 4.98 Å². The van der Waals surface area contributed by atoms with Crippen LogP contribution in [0, 0.1) is 5.92 Å². The Labute approximate surface area is 271 Å². The van der Waals surface area contributed by atoms with E-state index < -0.39 is 0 Å². The third-order valence-electron chi connectivity index (χ3n) is 8.12. The number of hydrogen-bond acceptors (Lipinski definition) is 6. The van der Waals surface area contributed by atoms with E-state index >= 15 is 0 Å². The van der Waals surface area contributed by atoms with Crippen LogP contribution in [0.4, 0.5) is 5.00 Å². The first-order valence-corrected chi connectivity index (χ1v) is 17.4. The van der Waals surface area contributed by atoms with Gasteiger partial charge in [0, 0.05) is 15.8 Å². The summed E-state index contributed by atoms with van der Waals surface area (Å²) in [6, 6.07) is 17.4. The van der Waals surface area contributed by atoms with Crippen LogP contribution in [0.5, 0.6) is 5.75 Å². The number of ether oxygens (including phenoxy) is 2. The van der Waals surface area contributed by atoms with Crippen molar-refractivity contribution in [2.75, 3.05) is 11.9 Å². The van der Waals surface area contributed by atoms with Crippen molar-refractivity contribution in [3.63, 3.8) is 0 Å². The summed E-state index contributed by atoms with van der Waals surface area (Å²) in [7, 11) is 0. The zero-order chi connectivity index (χ0) is 31.8. The zero-order valence-electron chi connectivity index (χ0n) is 27.1. The number of carbonyl (C=O) groups excluding carboxylic acids is 2. The molecule has 1 aliphatic carbocycles. The smallest absolute Gasteiger partial charge is 0.341 e. The van der Waals surface area contributed by atoms with E-state index in [-0.39, 0.29) is 18.0 Å². The number of amides is 1. The number of para-hydroxylation sites is 1. The molecular weight excluding hydrogens is 580 g/mol. The second kappa shape index (κ2) is 15.5. The highest BCUT2D eigenvalue weighted by molar-refractivity contribution is 7.17. The van der Waals surface area contributed by atoms with Gasteiger partial charge in [0.15, 0.2) is 0 Å². The zero-order valence-corrected chi connectivity index (χ0v) is 27.9. The van der Waals surface area contributed by atoms with Crippen molar-refractivity contribution in [3.05, 3.63) is 76.2 Å². The summed E-state index contributed by atoms with van der Waals surface area (Å²) in [6.07, 6.45) is 10.9. The van der Waals surface area contributed by atoms with Gasteiger partial charge in [-0.3, -0.25) is 4.79 Å². The Morgan fingerprint density at radius 3 is 2.31 bits per heavy atom. The van der Waals surface area contributed by atoms with Crippen LogP contribution in [0.3, 0.4) is 0 Å². The van der Waals surface area contributed by atoms with E-state index in [2.05, 4.69) is 19.2 Å². The van der Waals surface area contributed by atoms with Crippen molar-refractivity contribution < 1.29 is 19.1 Å². The van der Waals surface area contributed by atoms with Gasteiger partial charge in [0.25, 0.3) is 5.91 Å². The molecule has 0 saturated carbocycles. The monoisotopic (exact) mass is 626 g/mol. The summed E-state index contributed by atoms with van der Waals surface area (Å²) >= 11 is 1.54. The summed E-state index contributed by atoms with van der Waals surface area (Å²) in [5.74, 6) is 0.552. The van der Waals surface area contributed by atoms with Crippen molar-refractivity contribution in [1.29, 1.82) is 0 Å². The predicted octanol–water partition coefficient (Wildman–Crippen LogP) is 10.0. The van der Waals surface area contributed by atoms with Gasteiger partial charge in [-0.05, 0) is 75.3 Å². The van der Waals surface area contributed by atoms with Crippen molar-refractivity contribution in [2.45, 2.75) is 98.0 Å². The summed E-state index contributed by atoms with van der Waals surface area (Å²) < 4.78 is 11.7. The summed E-state index contributed by atoms with van der Waals surface area (Å²) in [4.78, 5) is 33.9. The number of anilines is 1. The lowest BCUT2D eigenvalue weighted by Gasteiger charge is -2.14. The molecule has 4 aromatic rings. The van der Waals surface area contributed by atoms with Crippen LogP contribution in [0.15, 0.2) is 54.6 Å². The summed E-state index contributed by atoms with van der Waals surface area (Å²) in [5.41, 5.74) is 4.38. The number of fused-ring (bicyclic) bond motifs is 2. The molecule has 0 aliphatic heterocycles. The van der Waals surface area contributed by atoms with Gasteiger partial charge < -0.3 is 14.8 Å².